The van der Waals surface area contributed by atoms with Crippen LogP contribution < -0.4 is 5.32 Å². The molecule has 0 aliphatic heterocycles. The molecule has 0 aliphatic carbocycles. The maximum atomic E-state index is 13.2. The van der Waals surface area contributed by atoms with Crippen LogP contribution in [-0.4, -0.2) is 16.2 Å². The first-order valence-electron chi connectivity index (χ1n) is 4.89. The number of thioether (sulfide) groups is 1. The molecule has 0 amide bonds. The van der Waals surface area contributed by atoms with Crippen LogP contribution in [0.15, 0.2) is 33.9 Å². The maximum absolute atomic E-state index is 13.2. The summed E-state index contributed by atoms with van der Waals surface area (Å²) in [6.07, 6.45) is 1.85. The Kier molecular flexibility index (Phi) is 4.42. The molecule has 1 aromatic heterocycles. The number of halogens is 3. The molecule has 0 fully saturated rings. The van der Waals surface area contributed by atoms with Crippen LogP contribution in [0.3, 0.4) is 0 Å². The quantitative estimate of drug-likeness (QED) is 0.503. The molecule has 2 aromatic rings. The average molecular weight is 349 g/mol. The van der Waals surface area contributed by atoms with Crippen molar-refractivity contribution in [1.82, 2.24) is 9.97 Å². The molecule has 3 nitrogen and oxygen atoms in total. The molecule has 18 heavy (non-hydrogen) atoms. The lowest BCUT2D eigenvalue weighted by Crippen LogP contribution is -1.97. The molecule has 1 aromatic carbocycles. The number of anilines is 2. The lowest BCUT2D eigenvalue weighted by Gasteiger charge is -2.09. The zero-order valence-electron chi connectivity index (χ0n) is 9.25. The van der Waals surface area contributed by atoms with E-state index < -0.39 is 0 Å². The van der Waals surface area contributed by atoms with E-state index in [2.05, 4.69) is 31.2 Å². The van der Waals surface area contributed by atoms with Crippen molar-refractivity contribution in [3.63, 3.8) is 0 Å². The summed E-state index contributed by atoms with van der Waals surface area (Å²) < 4.78 is 13.9. The smallest absolute Gasteiger partial charge is 0.190 e. The molecular formula is C11H8BrClFN3S. The molecule has 1 N–H and O–H groups in total. The van der Waals surface area contributed by atoms with Gasteiger partial charge in [0.05, 0.1) is 5.69 Å². The van der Waals surface area contributed by atoms with Crippen LogP contribution in [0.25, 0.3) is 0 Å². The van der Waals surface area contributed by atoms with Crippen LogP contribution >= 0.6 is 39.3 Å². The third kappa shape index (κ3) is 3.34. The fourth-order valence-electron chi connectivity index (χ4n) is 1.28. The summed E-state index contributed by atoms with van der Waals surface area (Å²) in [5.41, 5.74) is 0.580. The second-order valence-corrected chi connectivity index (χ2v) is 5.33. The molecule has 0 aliphatic rings. The van der Waals surface area contributed by atoms with Gasteiger partial charge < -0.3 is 5.32 Å². The van der Waals surface area contributed by atoms with Gasteiger partial charge in [-0.05, 0) is 40.4 Å². The summed E-state index contributed by atoms with van der Waals surface area (Å²) in [5.74, 6) is 0.191. The Morgan fingerprint density at radius 3 is 2.83 bits per heavy atom. The van der Waals surface area contributed by atoms with Crippen molar-refractivity contribution >= 4 is 50.8 Å². The van der Waals surface area contributed by atoms with Gasteiger partial charge in [-0.3, -0.25) is 0 Å². The van der Waals surface area contributed by atoms with Gasteiger partial charge in [0, 0.05) is 10.5 Å². The summed E-state index contributed by atoms with van der Waals surface area (Å²) in [4.78, 5) is 8.26. The van der Waals surface area contributed by atoms with Gasteiger partial charge in [0.1, 0.15) is 16.8 Å². The zero-order chi connectivity index (χ0) is 13.1. The Hall–Kier alpha value is -0.850. The van der Waals surface area contributed by atoms with E-state index >= 15 is 0 Å². The highest BCUT2D eigenvalue weighted by atomic mass is 79.9. The highest BCUT2D eigenvalue weighted by Gasteiger charge is 2.06. The first-order chi connectivity index (χ1) is 8.58. The number of rotatable bonds is 3. The molecule has 0 unspecified atom stereocenters. The Morgan fingerprint density at radius 1 is 1.33 bits per heavy atom. The summed E-state index contributed by atoms with van der Waals surface area (Å²) in [5, 5.41) is 3.88. The highest BCUT2D eigenvalue weighted by molar-refractivity contribution is 9.10. The summed E-state index contributed by atoms with van der Waals surface area (Å²) in [7, 11) is 0. The van der Waals surface area contributed by atoms with Crippen molar-refractivity contribution in [1.29, 1.82) is 0 Å². The van der Waals surface area contributed by atoms with Crippen LogP contribution in [0.2, 0.25) is 5.15 Å². The van der Waals surface area contributed by atoms with Crippen LogP contribution in [0.4, 0.5) is 15.9 Å². The molecule has 2 rings (SSSR count). The molecular weight excluding hydrogens is 341 g/mol. The normalized spacial score (nSPS) is 10.4. The van der Waals surface area contributed by atoms with E-state index in [0.29, 0.717) is 21.8 Å². The van der Waals surface area contributed by atoms with Crippen LogP contribution in [0, 0.1) is 5.82 Å². The molecule has 1 heterocycles. The van der Waals surface area contributed by atoms with Crippen molar-refractivity contribution < 1.29 is 4.39 Å². The number of aromatic nitrogens is 2. The lowest BCUT2D eigenvalue weighted by atomic mass is 10.3. The standard InChI is InChI=1S/C11H8BrClFN3S/c1-18-11-16-9(13)5-10(17-11)15-8-4-6(14)2-3-7(8)12/h2-5H,1H3,(H,15,16,17). The van der Waals surface area contributed by atoms with Crippen LogP contribution in [0.1, 0.15) is 0 Å². The van der Waals surface area contributed by atoms with Gasteiger partial charge in [0.2, 0.25) is 0 Å². The van der Waals surface area contributed by atoms with Gasteiger partial charge in [0.25, 0.3) is 0 Å². The maximum Gasteiger partial charge on any atom is 0.190 e. The lowest BCUT2D eigenvalue weighted by molar-refractivity contribution is 0.628. The van der Waals surface area contributed by atoms with E-state index in [1.54, 1.807) is 12.1 Å². The van der Waals surface area contributed by atoms with E-state index in [4.69, 9.17) is 11.6 Å². The minimum atomic E-state index is -0.328. The molecule has 0 bridgehead atoms. The molecule has 94 valence electrons. The number of benzene rings is 1. The number of nitrogens with one attached hydrogen (secondary N) is 1. The van der Waals surface area contributed by atoms with E-state index in [1.807, 2.05) is 6.26 Å². The zero-order valence-corrected chi connectivity index (χ0v) is 12.4. The highest BCUT2D eigenvalue weighted by Crippen LogP contribution is 2.27. The van der Waals surface area contributed by atoms with E-state index in [-0.39, 0.29) is 5.82 Å². The largest absolute Gasteiger partial charge is 0.339 e. The topological polar surface area (TPSA) is 37.8 Å². The Balaban J connectivity index is 2.33. The van der Waals surface area contributed by atoms with Gasteiger partial charge in [-0.2, -0.15) is 0 Å². The minimum absolute atomic E-state index is 0.328. The number of nitrogens with zero attached hydrogens (tertiary/aromatic N) is 2. The Labute approximate surface area is 121 Å². The molecule has 0 atom stereocenters. The van der Waals surface area contributed by atoms with Crippen LogP contribution in [-0.2, 0) is 0 Å². The molecule has 0 radical (unpaired) electrons. The molecule has 0 saturated carbocycles. The monoisotopic (exact) mass is 347 g/mol. The van der Waals surface area contributed by atoms with Gasteiger partial charge in [-0.25, -0.2) is 14.4 Å². The first-order valence-corrected chi connectivity index (χ1v) is 7.28. The molecule has 7 heteroatoms. The summed E-state index contributed by atoms with van der Waals surface area (Å²) in [6, 6.07) is 5.95. The fourth-order valence-corrected chi connectivity index (χ4v) is 2.24. The van der Waals surface area contributed by atoms with Crippen molar-refractivity contribution in [3.05, 3.63) is 39.7 Å². The third-order valence-electron chi connectivity index (χ3n) is 2.05. The predicted octanol–water partition coefficient (Wildman–Crippen LogP) is 4.50. The van der Waals surface area contributed by atoms with Crippen molar-refractivity contribution in [3.8, 4) is 0 Å². The third-order valence-corrected chi connectivity index (χ3v) is 3.48. The van der Waals surface area contributed by atoms with E-state index in [0.717, 1.165) is 4.47 Å². The Bertz CT molecular complexity index is 582. The Morgan fingerprint density at radius 2 is 2.11 bits per heavy atom. The first kappa shape index (κ1) is 13.6. The minimum Gasteiger partial charge on any atom is -0.339 e. The second-order valence-electron chi connectivity index (χ2n) is 3.31. The van der Waals surface area contributed by atoms with Gasteiger partial charge >= 0.3 is 0 Å². The number of hydrogen-bond donors (Lipinski definition) is 1. The van der Waals surface area contributed by atoms with Crippen molar-refractivity contribution in [2.45, 2.75) is 5.16 Å². The van der Waals surface area contributed by atoms with E-state index in [1.165, 1.54) is 23.9 Å². The van der Waals surface area contributed by atoms with Gasteiger partial charge in [0.15, 0.2) is 5.16 Å². The molecule has 0 spiro atoms. The van der Waals surface area contributed by atoms with E-state index in [9.17, 15) is 4.39 Å². The summed E-state index contributed by atoms with van der Waals surface area (Å²) in [6.45, 7) is 0. The van der Waals surface area contributed by atoms with Gasteiger partial charge in [-0.1, -0.05) is 23.4 Å². The predicted molar refractivity (Wildman–Crippen MR) is 76.2 cm³/mol. The number of hydrogen-bond acceptors (Lipinski definition) is 4. The van der Waals surface area contributed by atoms with Gasteiger partial charge in [-0.15, -0.1) is 0 Å². The van der Waals surface area contributed by atoms with Crippen molar-refractivity contribution in [2.75, 3.05) is 11.6 Å². The van der Waals surface area contributed by atoms with Crippen molar-refractivity contribution in [2.24, 2.45) is 0 Å². The van der Waals surface area contributed by atoms with Crippen LogP contribution in [0.5, 0.6) is 0 Å². The SMILES string of the molecule is CSc1nc(Cl)cc(Nc2cc(F)ccc2Br)n1. The fraction of sp³-hybridized carbons (Fsp3) is 0.0909. The average Bonchev–Trinajstić information content (AvgIpc) is 2.33. The molecule has 0 saturated heterocycles. The second kappa shape index (κ2) is 5.86. The summed E-state index contributed by atoms with van der Waals surface area (Å²) >= 11 is 10.6.